The second kappa shape index (κ2) is 11.7. The number of aromatic amines is 1. The van der Waals surface area contributed by atoms with Crippen LogP contribution < -0.4 is 5.62 Å². The number of hydrogen-bond donors (Lipinski definition) is 2. The second-order valence-electron chi connectivity index (χ2n) is 15.1. The van der Waals surface area contributed by atoms with Crippen molar-refractivity contribution in [3.63, 3.8) is 0 Å². The Balaban J connectivity index is 1.01. The quantitative estimate of drug-likeness (QED) is 0.139. The van der Waals surface area contributed by atoms with Crippen LogP contribution in [0.2, 0.25) is 0 Å². The monoisotopic (exact) mass is 705 g/mol. The van der Waals surface area contributed by atoms with Gasteiger partial charge in [0, 0.05) is 38.4 Å². The fourth-order valence-corrected chi connectivity index (χ4v) is 9.02. The third-order valence-electron chi connectivity index (χ3n) is 11.7. The molecule has 0 aliphatic heterocycles. The molecule has 2 heterocycles. The van der Waals surface area contributed by atoms with Crippen LogP contribution in [0.3, 0.4) is 0 Å². The molecule has 5 heteroatoms. The van der Waals surface area contributed by atoms with Gasteiger partial charge in [-0.1, -0.05) is 129 Å². The van der Waals surface area contributed by atoms with Crippen molar-refractivity contribution in [2.45, 2.75) is 19.3 Å². The number of H-pyrrole nitrogens is 1. The SMILES string of the molecule is CC1(C)c2ccccc2-c2cc(-c3nc(=NC(=N)c4ccc(-n5c6ccc7ccccc7c6c6c7ccccc7ccc65)cc4)[nH]c4ccccc34)ccc21. The largest absolute Gasteiger partial charge is 0.323 e. The third-order valence-corrected chi connectivity index (χ3v) is 11.7. The zero-order valence-corrected chi connectivity index (χ0v) is 30.4. The first-order chi connectivity index (χ1) is 26.9. The highest BCUT2D eigenvalue weighted by atomic mass is 15.0. The van der Waals surface area contributed by atoms with Crippen LogP contribution in [0.5, 0.6) is 0 Å². The van der Waals surface area contributed by atoms with E-state index in [4.69, 9.17) is 15.4 Å². The summed E-state index contributed by atoms with van der Waals surface area (Å²) in [5, 5.41) is 17.6. The van der Waals surface area contributed by atoms with Gasteiger partial charge in [-0.3, -0.25) is 5.41 Å². The van der Waals surface area contributed by atoms with Gasteiger partial charge in [0.25, 0.3) is 0 Å². The first-order valence-electron chi connectivity index (χ1n) is 18.8. The molecule has 55 heavy (non-hydrogen) atoms. The van der Waals surface area contributed by atoms with Gasteiger partial charge in [0.1, 0.15) is 0 Å². The summed E-state index contributed by atoms with van der Waals surface area (Å²) in [5.41, 5.74) is 12.3. The lowest BCUT2D eigenvalue weighted by Crippen LogP contribution is -2.17. The van der Waals surface area contributed by atoms with E-state index in [1.54, 1.807) is 0 Å². The summed E-state index contributed by atoms with van der Waals surface area (Å²) >= 11 is 0. The van der Waals surface area contributed by atoms with E-state index in [0.717, 1.165) is 38.9 Å². The molecule has 0 amide bonds. The molecule has 2 aromatic heterocycles. The lowest BCUT2D eigenvalue weighted by atomic mass is 9.82. The molecular formula is C50H35N5. The van der Waals surface area contributed by atoms with E-state index in [1.165, 1.54) is 54.6 Å². The van der Waals surface area contributed by atoms with Crippen LogP contribution in [-0.4, -0.2) is 20.4 Å². The average molecular weight is 706 g/mol. The highest BCUT2D eigenvalue weighted by Crippen LogP contribution is 2.49. The van der Waals surface area contributed by atoms with Crippen LogP contribution in [0.4, 0.5) is 0 Å². The number of aromatic nitrogens is 3. The fourth-order valence-electron chi connectivity index (χ4n) is 9.02. The standard InChI is InChI=1S/C50H35N5/c1-50(2)40-17-9-7-15-37(40)39-29-33(21-26-41(39)50)47-38-16-8-10-18-42(38)52-49(53-47)54-48(51)32-19-24-34(25-20-32)55-43-27-22-30-11-3-5-13-35(30)45(43)46-36-14-6-4-12-31(36)23-28-44(46)55/h3-29H,1-2H3,(H2,51,52,53,54). The lowest BCUT2D eigenvalue weighted by molar-refractivity contribution is 0.660. The van der Waals surface area contributed by atoms with Crippen molar-refractivity contribution in [1.29, 1.82) is 5.41 Å². The molecule has 0 radical (unpaired) electrons. The molecule has 11 rings (SSSR count). The Labute approximate surface area is 317 Å². The Bertz CT molecular complexity index is 3210. The van der Waals surface area contributed by atoms with Gasteiger partial charge in [-0.2, -0.15) is 4.99 Å². The Hall–Kier alpha value is -7.11. The smallest absolute Gasteiger partial charge is 0.229 e. The number of amidine groups is 1. The van der Waals surface area contributed by atoms with Crippen LogP contribution in [-0.2, 0) is 5.41 Å². The van der Waals surface area contributed by atoms with Crippen LogP contribution in [0.15, 0.2) is 169 Å². The predicted molar refractivity (Wildman–Crippen MR) is 227 cm³/mol. The van der Waals surface area contributed by atoms with E-state index in [2.05, 4.69) is 157 Å². The Morgan fingerprint density at radius 3 is 1.91 bits per heavy atom. The second-order valence-corrected chi connectivity index (χ2v) is 15.1. The summed E-state index contributed by atoms with van der Waals surface area (Å²) in [5.74, 6) is 0.139. The topological polar surface area (TPSA) is 69.8 Å². The molecule has 260 valence electrons. The first kappa shape index (κ1) is 31.4. The maximum Gasteiger partial charge on any atom is 0.229 e. The summed E-state index contributed by atoms with van der Waals surface area (Å²) in [7, 11) is 0. The van der Waals surface area contributed by atoms with E-state index in [1.807, 2.05) is 30.3 Å². The molecule has 5 nitrogen and oxygen atoms in total. The molecule has 0 atom stereocenters. The van der Waals surface area contributed by atoms with E-state index >= 15 is 0 Å². The summed E-state index contributed by atoms with van der Waals surface area (Å²) < 4.78 is 2.34. The molecule has 0 saturated carbocycles. The summed E-state index contributed by atoms with van der Waals surface area (Å²) in [6.45, 7) is 4.59. The van der Waals surface area contributed by atoms with Crippen molar-refractivity contribution >= 4 is 60.1 Å². The van der Waals surface area contributed by atoms with Crippen LogP contribution >= 0.6 is 0 Å². The molecule has 2 N–H and O–H groups in total. The zero-order chi connectivity index (χ0) is 36.8. The van der Waals surface area contributed by atoms with Gasteiger partial charge in [-0.15, -0.1) is 0 Å². The average Bonchev–Trinajstić information content (AvgIpc) is 3.69. The van der Waals surface area contributed by atoms with E-state index in [0.29, 0.717) is 11.2 Å². The number of fused-ring (bicyclic) bond motifs is 11. The van der Waals surface area contributed by atoms with Gasteiger partial charge in [0.15, 0.2) is 5.84 Å². The van der Waals surface area contributed by atoms with Gasteiger partial charge in [-0.25, -0.2) is 4.98 Å². The van der Waals surface area contributed by atoms with Crippen molar-refractivity contribution in [2.75, 3.05) is 0 Å². The number of rotatable bonds is 3. The van der Waals surface area contributed by atoms with Crippen LogP contribution in [0.1, 0.15) is 30.5 Å². The molecule has 0 saturated heterocycles. The Morgan fingerprint density at radius 2 is 1.20 bits per heavy atom. The van der Waals surface area contributed by atoms with Crippen LogP contribution in [0.25, 0.3) is 82.3 Å². The van der Waals surface area contributed by atoms with E-state index < -0.39 is 0 Å². The Morgan fingerprint density at radius 1 is 0.600 bits per heavy atom. The van der Waals surface area contributed by atoms with E-state index in [9.17, 15) is 0 Å². The lowest BCUT2D eigenvalue weighted by Gasteiger charge is -2.21. The molecular weight excluding hydrogens is 671 g/mol. The molecule has 0 unspecified atom stereocenters. The number of nitrogens with one attached hydrogen (secondary N) is 2. The molecule has 0 fully saturated rings. The maximum absolute atomic E-state index is 9.13. The zero-order valence-electron chi connectivity index (χ0n) is 30.4. The summed E-state index contributed by atoms with van der Waals surface area (Å²) in [4.78, 5) is 13.2. The van der Waals surface area contributed by atoms with Crippen molar-refractivity contribution in [3.8, 4) is 28.1 Å². The normalized spacial score (nSPS) is 13.6. The Kier molecular flexibility index (Phi) is 6.68. The highest BCUT2D eigenvalue weighted by Gasteiger charge is 2.35. The molecule has 0 spiro atoms. The molecule has 8 aromatic carbocycles. The number of hydrogen-bond acceptors (Lipinski definition) is 2. The minimum Gasteiger partial charge on any atom is -0.323 e. The number of para-hydroxylation sites is 1. The van der Waals surface area contributed by atoms with Crippen molar-refractivity contribution in [2.24, 2.45) is 4.99 Å². The van der Waals surface area contributed by atoms with Gasteiger partial charge < -0.3 is 9.55 Å². The van der Waals surface area contributed by atoms with Gasteiger partial charge in [0.2, 0.25) is 5.62 Å². The van der Waals surface area contributed by atoms with Crippen molar-refractivity contribution in [3.05, 3.63) is 186 Å². The predicted octanol–water partition coefficient (Wildman–Crippen LogP) is 11.9. The van der Waals surface area contributed by atoms with Crippen molar-refractivity contribution in [1.82, 2.24) is 14.5 Å². The number of nitrogens with zero attached hydrogens (tertiary/aromatic N) is 3. The number of benzene rings is 8. The van der Waals surface area contributed by atoms with Gasteiger partial charge in [0.05, 0.1) is 22.2 Å². The van der Waals surface area contributed by atoms with Gasteiger partial charge >= 0.3 is 0 Å². The maximum atomic E-state index is 9.13. The minimum atomic E-state index is -0.0696. The first-order valence-corrected chi connectivity index (χ1v) is 18.8. The summed E-state index contributed by atoms with van der Waals surface area (Å²) in [6.07, 6.45) is 0. The van der Waals surface area contributed by atoms with E-state index in [-0.39, 0.29) is 11.3 Å². The highest BCUT2D eigenvalue weighted by molar-refractivity contribution is 6.28. The summed E-state index contributed by atoms with van der Waals surface area (Å²) in [6, 6.07) is 57.9. The van der Waals surface area contributed by atoms with Crippen LogP contribution in [0, 0.1) is 5.41 Å². The van der Waals surface area contributed by atoms with Crippen molar-refractivity contribution < 1.29 is 0 Å². The van der Waals surface area contributed by atoms with Gasteiger partial charge in [-0.05, 0) is 92.3 Å². The molecule has 1 aliphatic rings. The molecule has 1 aliphatic carbocycles. The molecule has 10 aromatic rings. The fraction of sp³-hybridized carbons (Fsp3) is 0.0600. The minimum absolute atomic E-state index is 0.0696. The third kappa shape index (κ3) is 4.69. The molecule has 0 bridgehead atoms.